The van der Waals surface area contributed by atoms with E-state index in [1.165, 1.54) is 16.3 Å². The molecule has 4 aromatic rings. The third-order valence-electron chi connectivity index (χ3n) is 5.18. The smallest absolute Gasteiger partial charge is 0.143 e. The van der Waals surface area contributed by atoms with E-state index in [0.29, 0.717) is 28.9 Å². The quantitative estimate of drug-likeness (QED) is 0.318. The summed E-state index contributed by atoms with van der Waals surface area (Å²) >= 11 is 12.8. The van der Waals surface area contributed by atoms with Gasteiger partial charge < -0.3 is 10.1 Å². The van der Waals surface area contributed by atoms with Crippen LogP contribution >= 0.6 is 23.2 Å². The summed E-state index contributed by atoms with van der Waals surface area (Å²) in [6.07, 6.45) is 1.02. The Bertz CT molecular complexity index is 1150. The fourth-order valence-corrected chi connectivity index (χ4v) is 4.12. The Hall–Kier alpha value is -2.68. The van der Waals surface area contributed by atoms with Crippen molar-refractivity contribution in [3.05, 3.63) is 106 Å². The Morgan fingerprint density at radius 1 is 0.833 bits per heavy atom. The van der Waals surface area contributed by atoms with E-state index in [2.05, 4.69) is 60.8 Å². The van der Waals surface area contributed by atoms with Crippen molar-refractivity contribution in [2.45, 2.75) is 26.5 Å². The third-order valence-corrected chi connectivity index (χ3v) is 5.68. The van der Waals surface area contributed by atoms with Gasteiger partial charge in [-0.15, -0.1) is 0 Å². The minimum atomic E-state index is 0.431. The number of rotatable bonds is 7. The van der Waals surface area contributed by atoms with Gasteiger partial charge in [0.05, 0.1) is 5.02 Å². The van der Waals surface area contributed by atoms with Crippen LogP contribution in [0.4, 0.5) is 5.69 Å². The number of hydrogen-bond acceptors (Lipinski definition) is 2. The lowest BCUT2D eigenvalue weighted by molar-refractivity contribution is 0.305. The molecule has 2 nitrogen and oxygen atoms in total. The average molecular weight is 436 g/mol. The molecule has 0 fully saturated rings. The van der Waals surface area contributed by atoms with Crippen molar-refractivity contribution in [3.63, 3.8) is 0 Å². The van der Waals surface area contributed by atoms with Gasteiger partial charge in [-0.1, -0.05) is 84.7 Å². The molecule has 0 radical (unpaired) electrons. The highest BCUT2D eigenvalue weighted by Crippen LogP contribution is 2.34. The van der Waals surface area contributed by atoms with Crippen LogP contribution in [0.15, 0.2) is 78.9 Å². The summed E-state index contributed by atoms with van der Waals surface area (Å²) < 4.78 is 6.21. The second kappa shape index (κ2) is 9.42. The predicted molar refractivity (Wildman–Crippen MR) is 128 cm³/mol. The van der Waals surface area contributed by atoms with Crippen LogP contribution in [0, 0.1) is 0 Å². The van der Waals surface area contributed by atoms with Crippen LogP contribution in [-0.4, -0.2) is 0 Å². The molecule has 0 atom stereocenters. The minimum Gasteiger partial charge on any atom is -0.487 e. The van der Waals surface area contributed by atoms with E-state index < -0.39 is 0 Å². The molecule has 152 valence electrons. The number of halogens is 2. The lowest BCUT2D eigenvalue weighted by atomic mass is 10.1. The van der Waals surface area contributed by atoms with Gasteiger partial charge in [-0.2, -0.15) is 0 Å². The van der Waals surface area contributed by atoms with Gasteiger partial charge >= 0.3 is 0 Å². The van der Waals surface area contributed by atoms with Gasteiger partial charge in [0.15, 0.2) is 0 Å². The lowest BCUT2D eigenvalue weighted by Crippen LogP contribution is -2.05. The second-order valence-corrected chi connectivity index (χ2v) is 8.05. The Morgan fingerprint density at radius 2 is 1.60 bits per heavy atom. The normalized spacial score (nSPS) is 10.9. The first-order valence-electron chi connectivity index (χ1n) is 10.0. The van der Waals surface area contributed by atoms with Crippen LogP contribution in [0.5, 0.6) is 5.75 Å². The summed E-state index contributed by atoms with van der Waals surface area (Å²) in [6.45, 7) is 3.15. The molecule has 0 aliphatic heterocycles. The zero-order chi connectivity index (χ0) is 20.9. The number of nitrogens with one attached hydrogen (secondary N) is 1. The monoisotopic (exact) mass is 435 g/mol. The molecule has 0 bridgehead atoms. The Balaban J connectivity index is 1.55. The molecule has 0 saturated heterocycles. The zero-order valence-electron chi connectivity index (χ0n) is 16.8. The van der Waals surface area contributed by atoms with Gasteiger partial charge in [0.1, 0.15) is 12.4 Å². The van der Waals surface area contributed by atoms with Gasteiger partial charge in [-0.3, -0.25) is 0 Å². The minimum absolute atomic E-state index is 0.431. The summed E-state index contributed by atoms with van der Waals surface area (Å²) in [7, 11) is 0. The Morgan fingerprint density at radius 3 is 2.40 bits per heavy atom. The molecule has 0 amide bonds. The lowest BCUT2D eigenvalue weighted by Gasteiger charge is -2.16. The van der Waals surface area contributed by atoms with Crippen molar-refractivity contribution in [2.75, 3.05) is 5.32 Å². The highest BCUT2D eigenvalue weighted by atomic mass is 35.5. The van der Waals surface area contributed by atoms with Crippen molar-refractivity contribution >= 4 is 39.7 Å². The number of hydrogen-bond donors (Lipinski definition) is 1. The number of ether oxygens (including phenoxy) is 1. The molecule has 30 heavy (non-hydrogen) atoms. The molecule has 0 unspecified atom stereocenters. The van der Waals surface area contributed by atoms with Crippen LogP contribution in [0.2, 0.25) is 10.0 Å². The molecule has 0 heterocycles. The summed E-state index contributed by atoms with van der Waals surface area (Å²) in [5.74, 6) is 0.659. The summed E-state index contributed by atoms with van der Waals surface area (Å²) in [4.78, 5) is 0. The molecular formula is C26H23Cl2NO. The largest absolute Gasteiger partial charge is 0.487 e. The van der Waals surface area contributed by atoms with E-state index in [9.17, 15) is 0 Å². The SMILES string of the molecule is CCc1ccc(NCc2cc(Cl)cc(Cl)c2OCc2cccc3ccccc23)cc1. The van der Waals surface area contributed by atoms with Gasteiger partial charge in [0, 0.05) is 22.8 Å². The first-order chi connectivity index (χ1) is 14.6. The van der Waals surface area contributed by atoms with Crippen LogP contribution < -0.4 is 10.1 Å². The number of anilines is 1. The molecule has 0 spiro atoms. The van der Waals surface area contributed by atoms with Crippen molar-refractivity contribution in [1.29, 1.82) is 0 Å². The first kappa shape index (κ1) is 20.6. The van der Waals surface area contributed by atoms with E-state index in [1.54, 1.807) is 6.07 Å². The third kappa shape index (κ3) is 4.72. The fraction of sp³-hybridized carbons (Fsp3) is 0.154. The highest BCUT2D eigenvalue weighted by Gasteiger charge is 2.12. The van der Waals surface area contributed by atoms with E-state index in [4.69, 9.17) is 27.9 Å². The predicted octanol–water partition coefficient (Wildman–Crippen LogP) is 7.90. The highest BCUT2D eigenvalue weighted by molar-refractivity contribution is 6.35. The van der Waals surface area contributed by atoms with E-state index in [1.807, 2.05) is 24.3 Å². The van der Waals surface area contributed by atoms with Crippen LogP contribution in [-0.2, 0) is 19.6 Å². The maximum Gasteiger partial charge on any atom is 0.143 e. The van der Waals surface area contributed by atoms with Crippen molar-refractivity contribution in [2.24, 2.45) is 0 Å². The summed E-state index contributed by atoms with van der Waals surface area (Å²) in [5.41, 5.74) is 4.40. The second-order valence-electron chi connectivity index (χ2n) is 7.21. The van der Waals surface area contributed by atoms with Crippen molar-refractivity contribution in [1.82, 2.24) is 0 Å². The van der Waals surface area contributed by atoms with E-state index in [0.717, 1.165) is 23.2 Å². The maximum absolute atomic E-state index is 6.50. The molecule has 4 rings (SSSR count). The average Bonchev–Trinajstić information content (AvgIpc) is 2.77. The van der Waals surface area contributed by atoms with Crippen LogP contribution in [0.25, 0.3) is 10.8 Å². The van der Waals surface area contributed by atoms with Gasteiger partial charge in [0.2, 0.25) is 0 Å². The van der Waals surface area contributed by atoms with Gasteiger partial charge in [-0.05, 0) is 52.6 Å². The molecular weight excluding hydrogens is 413 g/mol. The molecule has 0 saturated carbocycles. The summed E-state index contributed by atoms with van der Waals surface area (Å²) in [5, 5.41) is 6.92. The molecule has 4 heteroatoms. The van der Waals surface area contributed by atoms with E-state index >= 15 is 0 Å². The molecule has 4 aromatic carbocycles. The fourth-order valence-electron chi connectivity index (χ4n) is 3.53. The first-order valence-corrected chi connectivity index (χ1v) is 10.8. The Kier molecular flexibility index (Phi) is 6.47. The number of fused-ring (bicyclic) bond motifs is 1. The zero-order valence-corrected chi connectivity index (χ0v) is 18.3. The molecule has 0 aliphatic rings. The van der Waals surface area contributed by atoms with E-state index in [-0.39, 0.29) is 0 Å². The van der Waals surface area contributed by atoms with Crippen LogP contribution in [0.3, 0.4) is 0 Å². The summed E-state index contributed by atoms with van der Waals surface area (Å²) in [6, 6.07) is 26.6. The molecule has 1 N–H and O–H groups in total. The topological polar surface area (TPSA) is 21.3 Å². The van der Waals surface area contributed by atoms with Crippen LogP contribution in [0.1, 0.15) is 23.6 Å². The van der Waals surface area contributed by atoms with Gasteiger partial charge in [-0.25, -0.2) is 0 Å². The number of benzene rings is 4. The maximum atomic E-state index is 6.50. The number of aryl methyl sites for hydroxylation is 1. The molecule has 0 aromatic heterocycles. The van der Waals surface area contributed by atoms with Gasteiger partial charge in [0.25, 0.3) is 0 Å². The van der Waals surface area contributed by atoms with Crippen molar-refractivity contribution in [3.8, 4) is 5.75 Å². The Labute approximate surface area is 187 Å². The standard InChI is InChI=1S/C26H23Cl2NO/c1-2-18-10-12-23(13-11-18)29-16-21-14-22(27)15-25(28)26(21)30-17-20-8-5-7-19-6-3-4-9-24(19)20/h3-15,29H,2,16-17H2,1H3. The van der Waals surface area contributed by atoms with Crippen molar-refractivity contribution < 1.29 is 4.74 Å². The molecule has 0 aliphatic carbocycles.